The average Bonchev–Trinajstić information content (AvgIpc) is 2.37. The molecule has 4 amide bonds. The minimum absolute atomic E-state index is 0.143. The molecule has 1 saturated heterocycles. The maximum Gasteiger partial charge on any atom is 0.326 e. The zero-order chi connectivity index (χ0) is 15.3. The van der Waals surface area contributed by atoms with Gasteiger partial charge in [0.1, 0.15) is 6.04 Å². The number of carbonyl (C=O) groups excluding carboxylic acids is 3. The van der Waals surface area contributed by atoms with Crippen LogP contribution in [0.15, 0.2) is 0 Å². The predicted octanol–water partition coefficient (Wildman–Crippen LogP) is -1.78. The number of nitrogens with two attached hydrogens (primary N) is 2. The van der Waals surface area contributed by atoms with Crippen LogP contribution < -0.4 is 16.8 Å². The van der Waals surface area contributed by atoms with Gasteiger partial charge in [0.05, 0.1) is 12.3 Å². The van der Waals surface area contributed by atoms with Gasteiger partial charge in [-0.15, -0.1) is 0 Å². The van der Waals surface area contributed by atoms with Crippen LogP contribution in [0.5, 0.6) is 0 Å². The van der Waals surface area contributed by atoms with E-state index in [0.29, 0.717) is 19.4 Å². The highest BCUT2D eigenvalue weighted by atomic mass is 16.4. The first kappa shape index (κ1) is 15.7. The molecule has 0 aromatic rings. The van der Waals surface area contributed by atoms with Crippen LogP contribution in [-0.2, 0) is 14.4 Å². The Hall–Kier alpha value is -2.32. The number of urea groups is 1. The molecule has 0 aliphatic carbocycles. The summed E-state index contributed by atoms with van der Waals surface area (Å²) in [7, 11) is 0. The van der Waals surface area contributed by atoms with Crippen LogP contribution in [0.2, 0.25) is 0 Å². The number of nitrogens with zero attached hydrogens (tertiary/aromatic N) is 1. The quantitative estimate of drug-likeness (QED) is 0.470. The number of likely N-dealkylation sites (tertiary alicyclic amines) is 1. The van der Waals surface area contributed by atoms with Crippen LogP contribution in [0.25, 0.3) is 0 Å². The van der Waals surface area contributed by atoms with E-state index in [1.807, 2.05) is 0 Å². The Balaban J connectivity index is 2.61. The third kappa shape index (κ3) is 4.41. The molecule has 9 nitrogen and oxygen atoms in total. The maximum absolute atomic E-state index is 11.9. The third-order valence-corrected chi connectivity index (χ3v) is 3.11. The van der Waals surface area contributed by atoms with Crippen molar-refractivity contribution < 1.29 is 24.3 Å². The van der Waals surface area contributed by atoms with E-state index in [-0.39, 0.29) is 6.54 Å². The predicted molar refractivity (Wildman–Crippen MR) is 67.3 cm³/mol. The summed E-state index contributed by atoms with van der Waals surface area (Å²) in [5.41, 5.74) is 10.1. The van der Waals surface area contributed by atoms with Crippen molar-refractivity contribution in [2.75, 3.05) is 13.1 Å². The van der Waals surface area contributed by atoms with Crippen molar-refractivity contribution in [1.29, 1.82) is 0 Å². The van der Waals surface area contributed by atoms with Gasteiger partial charge in [0.2, 0.25) is 11.8 Å². The fourth-order valence-electron chi connectivity index (χ4n) is 2.04. The second kappa shape index (κ2) is 6.73. The number of primary amides is 2. The van der Waals surface area contributed by atoms with Gasteiger partial charge in [0, 0.05) is 13.1 Å². The monoisotopic (exact) mass is 286 g/mol. The number of carboxylic acid groups (broad SMARTS) is 1. The molecule has 0 bridgehead atoms. The van der Waals surface area contributed by atoms with Gasteiger partial charge in [0.15, 0.2) is 0 Å². The van der Waals surface area contributed by atoms with Gasteiger partial charge in [-0.05, 0) is 12.8 Å². The van der Waals surface area contributed by atoms with Gasteiger partial charge >= 0.3 is 12.0 Å². The summed E-state index contributed by atoms with van der Waals surface area (Å²) >= 11 is 0. The smallest absolute Gasteiger partial charge is 0.326 e. The normalized spacial score (nSPS) is 20.0. The standard InChI is InChI=1S/C11H18N4O5/c12-8(16)4-7(10(18)19)14-11(20)15-3-1-2-6(5-15)9(13)17/h6-7H,1-5H2,(H2,12,16)(H2,13,17)(H,14,20)(H,18,19). The number of amides is 4. The largest absolute Gasteiger partial charge is 0.480 e. The molecular weight excluding hydrogens is 268 g/mol. The van der Waals surface area contributed by atoms with Gasteiger partial charge in [0.25, 0.3) is 0 Å². The summed E-state index contributed by atoms with van der Waals surface area (Å²) in [5.74, 6) is -3.10. The zero-order valence-electron chi connectivity index (χ0n) is 10.9. The molecule has 1 aliphatic rings. The fourth-order valence-corrected chi connectivity index (χ4v) is 2.04. The second-order valence-electron chi connectivity index (χ2n) is 4.70. The highest BCUT2D eigenvalue weighted by Gasteiger charge is 2.30. The molecule has 6 N–H and O–H groups in total. The number of hydrogen-bond acceptors (Lipinski definition) is 4. The van der Waals surface area contributed by atoms with E-state index in [9.17, 15) is 19.2 Å². The summed E-state index contributed by atoms with van der Waals surface area (Å²) < 4.78 is 0. The van der Waals surface area contributed by atoms with Crippen molar-refractivity contribution in [2.24, 2.45) is 17.4 Å². The van der Waals surface area contributed by atoms with E-state index in [4.69, 9.17) is 16.6 Å². The van der Waals surface area contributed by atoms with Gasteiger partial charge in [-0.25, -0.2) is 9.59 Å². The first-order valence-corrected chi connectivity index (χ1v) is 6.17. The fraction of sp³-hybridized carbons (Fsp3) is 0.636. The van der Waals surface area contributed by atoms with Crippen molar-refractivity contribution in [3.63, 3.8) is 0 Å². The van der Waals surface area contributed by atoms with E-state index in [0.717, 1.165) is 0 Å². The van der Waals surface area contributed by atoms with Crippen LogP contribution in [0.3, 0.4) is 0 Å². The van der Waals surface area contributed by atoms with Crippen molar-refractivity contribution >= 4 is 23.8 Å². The second-order valence-corrected chi connectivity index (χ2v) is 4.70. The summed E-state index contributed by atoms with van der Waals surface area (Å²) in [6.45, 7) is 0.544. The molecule has 20 heavy (non-hydrogen) atoms. The molecule has 0 aromatic heterocycles. The van der Waals surface area contributed by atoms with Gasteiger partial charge < -0.3 is 26.8 Å². The Morgan fingerprint density at radius 3 is 2.45 bits per heavy atom. The summed E-state index contributed by atoms with van der Waals surface area (Å²) in [4.78, 5) is 46.0. The minimum Gasteiger partial charge on any atom is -0.480 e. The number of piperidine rings is 1. The summed E-state index contributed by atoms with van der Waals surface area (Å²) in [6, 6.07) is -2.03. The first-order chi connectivity index (χ1) is 9.31. The van der Waals surface area contributed by atoms with E-state index >= 15 is 0 Å². The average molecular weight is 286 g/mol. The van der Waals surface area contributed by atoms with E-state index in [1.165, 1.54) is 4.90 Å². The zero-order valence-corrected chi connectivity index (χ0v) is 10.9. The lowest BCUT2D eigenvalue weighted by Gasteiger charge is -2.32. The van der Waals surface area contributed by atoms with Crippen LogP contribution in [0.1, 0.15) is 19.3 Å². The Labute approximate surface area is 115 Å². The molecule has 0 aromatic carbocycles. The molecule has 0 spiro atoms. The number of carbonyl (C=O) groups is 4. The molecule has 1 rings (SSSR count). The van der Waals surface area contributed by atoms with E-state index in [1.54, 1.807) is 0 Å². The highest BCUT2D eigenvalue weighted by molar-refractivity contribution is 5.88. The highest BCUT2D eigenvalue weighted by Crippen LogP contribution is 2.16. The van der Waals surface area contributed by atoms with Crippen molar-refractivity contribution in [2.45, 2.75) is 25.3 Å². The van der Waals surface area contributed by atoms with Crippen LogP contribution >= 0.6 is 0 Å². The van der Waals surface area contributed by atoms with E-state index < -0.39 is 42.2 Å². The first-order valence-electron chi connectivity index (χ1n) is 6.17. The Kier molecular flexibility index (Phi) is 5.30. The molecule has 112 valence electrons. The van der Waals surface area contributed by atoms with Crippen molar-refractivity contribution in [1.82, 2.24) is 10.2 Å². The lowest BCUT2D eigenvalue weighted by Crippen LogP contribution is -2.52. The molecule has 1 heterocycles. The van der Waals surface area contributed by atoms with E-state index in [2.05, 4.69) is 5.32 Å². The molecule has 0 radical (unpaired) electrons. The van der Waals surface area contributed by atoms with Crippen LogP contribution in [-0.4, -0.2) is 53.0 Å². The maximum atomic E-state index is 11.9. The van der Waals surface area contributed by atoms with Crippen molar-refractivity contribution in [3.8, 4) is 0 Å². The van der Waals surface area contributed by atoms with Gasteiger partial charge in [-0.3, -0.25) is 9.59 Å². The summed E-state index contributed by atoms with van der Waals surface area (Å²) in [6.07, 6.45) is 0.714. The van der Waals surface area contributed by atoms with Gasteiger partial charge in [-0.1, -0.05) is 0 Å². The number of nitrogens with one attached hydrogen (secondary N) is 1. The molecular formula is C11H18N4O5. The van der Waals surface area contributed by atoms with Crippen molar-refractivity contribution in [3.05, 3.63) is 0 Å². The lowest BCUT2D eigenvalue weighted by molar-refractivity contribution is -0.141. The third-order valence-electron chi connectivity index (χ3n) is 3.11. The van der Waals surface area contributed by atoms with Crippen LogP contribution in [0.4, 0.5) is 4.79 Å². The van der Waals surface area contributed by atoms with Gasteiger partial charge in [-0.2, -0.15) is 0 Å². The minimum atomic E-state index is -1.38. The number of aliphatic carboxylic acids is 1. The molecule has 1 aliphatic heterocycles. The molecule has 0 saturated carbocycles. The van der Waals surface area contributed by atoms with Crippen LogP contribution in [0, 0.1) is 5.92 Å². The Morgan fingerprint density at radius 1 is 1.30 bits per heavy atom. The Morgan fingerprint density at radius 2 is 1.95 bits per heavy atom. The molecule has 1 fully saturated rings. The lowest BCUT2D eigenvalue weighted by atomic mass is 9.98. The topological polar surface area (TPSA) is 156 Å². The molecule has 9 heteroatoms. The number of hydrogen-bond donors (Lipinski definition) is 4. The molecule has 2 unspecified atom stereocenters. The molecule has 2 atom stereocenters. The Bertz CT molecular complexity index is 425. The number of carboxylic acids is 1. The summed E-state index contributed by atoms with van der Waals surface area (Å²) in [5, 5.41) is 11.1. The number of rotatable bonds is 5. The SMILES string of the molecule is NC(=O)CC(NC(=O)N1CCCC(C(N)=O)C1)C(=O)O.